The van der Waals surface area contributed by atoms with Crippen LogP contribution in [0.3, 0.4) is 0 Å². The monoisotopic (exact) mass is 250 g/mol. The molecule has 0 heteroatoms. The van der Waals surface area contributed by atoms with Crippen molar-refractivity contribution in [3.8, 4) is 47.4 Å². The first-order chi connectivity index (χ1) is 9.50. The molecule has 0 unspecified atom stereocenters. The maximum absolute atomic E-state index is 3.07. The average Bonchev–Trinajstić information content (AvgIpc) is 2.43. The van der Waals surface area contributed by atoms with Gasteiger partial charge in [0.1, 0.15) is 0 Å². The largest absolute Gasteiger partial charge is 0.0891 e. The Hall–Kier alpha value is -1.76. The summed E-state index contributed by atoms with van der Waals surface area (Å²) < 4.78 is 0. The van der Waals surface area contributed by atoms with Crippen LogP contribution in [0, 0.1) is 47.4 Å². The molecule has 0 atom stereocenters. The van der Waals surface area contributed by atoms with Crippen LogP contribution >= 0.6 is 0 Å². The van der Waals surface area contributed by atoms with Crippen LogP contribution in [-0.4, -0.2) is 0 Å². The van der Waals surface area contributed by atoms with Gasteiger partial charge in [0.05, 0.1) is 0 Å². The van der Waals surface area contributed by atoms with Crippen LogP contribution in [0.25, 0.3) is 0 Å². The maximum atomic E-state index is 3.07. The van der Waals surface area contributed by atoms with Gasteiger partial charge in [-0.3, -0.25) is 0 Å². The molecule has 0 aliphatic heterocycles. The molecule has 0 amide bonds. The van der Waals surface area contributed by atoms with Crippen LogP contribution in [0.4, 0.5) is 0 Å². The van der Waals surface area contributed by atoms with E-state index >= 15 is 0 Å². The van der Waals surface area contributed by atoms with Gasteiger partial charge >= 0.3 is 0 Å². The van der Waals surface area contributed by atoms with E-state index in [4.69, 9.17) is 0 Å². The summed E-state index contributed by atoms with van der Waals surface area (Å²) >= 11 is 0. The second-order valence-electron chi connectivity index (χ2n) is 4.79. The SMILES string of the molecule is C1#CC#CCCCCCCCCCCCC#CC#C1. The minimum absolute atomic E-state index is 0.960. The van der Waals surface area contributed by atoms with E-state index in [1.807, 2.05) is 0 Å². The lowest BCUT2D eigenvalue weighted by Crippen LogP contribution is -1.81. The van der Waals surface area contributed by atoms with E-state index in [2.05, 4.69) is 47.4 Å². The molecule has 19 heavy (non-hydrogen) atoms. The lowest BCUT2D eigenvalue weighted by atomic mass is 10.1. The molecule has 0 aromatic carbocycles. The molecule has 1 aliphatic rings. The normalized spacial score (nSPS) is 17.3. The average molecular weight is 250 g/mol. The van der Waals surface area contributed by atoms with E-state index in [1.54, 1.807) is 0 Å². The third-order valence-corrected chi connectivity index (χ3v) is 3.09. The molecule has 0 saturated carbocycles. The maximum Gasteiger partial charge on any atom is 0.00989 e. The first-order valence-electron chi connectivity index (χ1n) is 7.46. The van der Waals surface area contributed by atoms with Gasteiger partial charge in [0.25, 0.3) is 0 Å². The highest BCUT2D eigenvalue weighted by atomic mass is 14.0. The van der Waals surface area contributed by atoms with E-state index < -0.39 is 0 Å². The number of rotatable bonds is 0. The predicted molar refractivity (Wildman–Crippen MR) is 81.9 cm³/mol. The molecule has 98 valence electrons. The fourth-order valence-electron chi connectivity index (χ4n) is 2.00. The van der Waals surface area contributed by atoms with E-state index in [0.717, 1.165) is 12.8 Å². The minimum atomic E-state index is 0.960. The predicted octanol–water partition coefficient (Wildman–Crippen LogP) is 4.30. The summed E-state index contributed by atoms with van der Waals surface area (Å²) in [5, 5.41) is 0. The van der Waals surface area contributed by atoms with Gasteiger partial charge < -0.3 is 0 Å². The summed E-state index contributed by atoms with van der Waals surface area (Å²) in [5.41, 5.74) is 0. The molecule has 0 fully saturated rings. The highest BCUT2D eigenvalue weighted by Crippen LogP contribution is 2.10. The number of hydrogen-bond acceptors (Lipinski definition) is 0. The van der Waals surface area contributed by atoms with Crippen LogP contribution in [0.2, 0.25) is 0 Å². The Balaban J connectivity index is 2.37. The lowest BCUT2D eigenvalue weighted by molar-refractivity contribution is 0.563. The van der Waals surface area contributed by atoms with Crippen LogP contribution < -0.4 is 0 Å². The van der Waals surface area contributed by atoms with Gasteiger partial charge in [0.2, 0.25) is 0 Å². The van der Waals surface area contributed by atoms with E-state index in [1.165, 1.54) is 57.8 Å². The van der Waals surface area contributed by atoms with Crippen LogP contribution in [0.15, 0.2) is 0 Å². The fraction of sp³-hybridized carbons (Fsp3) is 0.579. The summed E-state index contributed by atoms with van der Waals surface area (Å²) in [6.07, 6.45) is 13.8. The molecule has 0 nitrogen and oxygen atoms in total. The Kier molecular flexibility index (Phi) is 10.2. The fourth-order valence-corrected chi connectivity index (χ4v) is 2.00. The molecule has 0 radical (unpaired) electrons. The van der Waals surface area contributed by atoms with E-state index in [0.29, 0.717) is 0 Å². The second kappa shape index (κ2) is 12.7. The summed E-state index contributed by atoms with van der Waals surface area (Å²) in [5.74, 6) is 22.7. The Morgan fingerprint density at radius 1 is 0.316 bits per heavy atom. The number of hydrogen-bond donors (Lipinski definition) is 0. The van der Waals surface area contributed by atoms with Gasteiger partial charge in [-0.25, -0.2) is 0 Å². The summed E-state index contributed by atoms with van der Waals surface area (Å²) in [7, 11) is 0. The van der Waals surface area contributed by atoms with Crippen molar-refractivity contribution in [3.05, 3.63) is 0 Å². The third-order valence-electron chi connectivity index (χ3n) is 3.09. The summed E-state index contributed by atoms with van der Waals surface area (Å²) in [6.45, 7) is 0. The van der Waals surface area contributed by atoms with Crippen molar-refractivity contribution in [1.82, 2.24) is 0 Å². The van der Waals surface area contributed by atoms with Gasteiger partial charge in [-0.2, -0.15) is 0 Å². The Labute approximate surface area is 118 Å². The first-order valence-corrected chi connectivity index (χ1v) is 7.46. The van der Waals surface area contributed by atoms with Crippen LogP contribution in [-0.2, 0) is 0 Å². The smallest absolute Gasteiger partial charge is 0.00989 e. The van der Waals surface area contributed by atoms with Crippen molar-refractivity contribution in [3.63, 3.8) is 0 Å². The van der Waals surface area contributed by atoms with E-state index in [9.17, 15) is 0 Å². The zero-order valence-electron chi connectivity index (χ0n) is 11.8. The van der Waals surface area contributed by atoms with Crippen molar-refractivity contribution in [2.24, 2.45) is 0 Å². The van der Waals surface area contributed by atoms with Crippen molar-refractivity contribution in [1.29, 1.82) is 0 Å². The van der Waals surface area contributed by atoms with Crippen molar-refractivity contribution in [2.75, 3.05) is 0 Å². The van der Waals surface area contributed by atoms with Crippen LogP contribution in [0.5, 0.6) is 0 Å². The van der Waals surface area contributed by atoms with E-state index in [-0.39, 0.29) is 0 Å². The zero-order chi connectivity index (χ0) is 13.4. The Morgan fingerprint density at radius 2 is 0.632 bits per heavy atom. The first kappa shape index (κ1) is 15.3. The molecule has 0 heterocycles. The second-order valence-corrected chi connectivity index (χ2v) is 4.79. The molecule has 0 aromatic heterocycles. The molecule has 0 N–H and O–H groups in total. The van der Waals surface area contributed by atoms with Crippen molar-refractivity contribution in [2.45, 2.75) is 70.6 Å². The summed E-state index contributed by atoms with van der Waals surface area (Å²) in [6, 6.07) is 0. The van der Waals surface area contributed by atoms with Crippen molar-refractivity contribution >= 4 is 0 Å². The van der Waals surface area contributed by atoms with Gasteiger partial charge in [-0.1, -0.05) is 56.8 Å². The Bertz CT molecular complexity index is 419. The highest BCUT2D eigenvalue weighted by Gasteiger charge is 1.92. The Morgan fingerprint density at radius 3 is 1.05 bits per heavy atom. The topological polar surface area (TPSA) is 0 Å². The molecule has 0 aromatic rings. The highest BCUT2D eigenvalue weighted by molar-refractivity contribution is 5.39. The summed E-state index contributed by atoms with van der Waals surface area (Å²) in [4.78, 5) is 0. The lowest BCUT2D eigenvalue weighted by Gasteiger charge is -2.00. The van der Waals surface area contributed by atoms with Gasteiger partial charge in [-0.15, -0.1) is 0 Å². The third kappa shape index (κ3) is 11.1. The van der Waals surface area contributed by atoms with Gasteiger partial charge in [0.15, 0.2) is 0 Å². The molecule has 0 saturated heterocycles. The molecular weight excluding hydrogens is 228 g/mol. The molecule has 1 aliphatic carbocycles. The molecule has 0 spiro atoms. The zero-order valence-corrected chi connectivity index (χ0v) is 11.8. The molecular formula is C19H22. The standard InChI is InChI=1S/C19H22/c1-2-4-6-8-10-12-14-16-18-19-17-15-13-11-9-7-5-3-1/h1-11H2. The van der Waals surface area contributed by atoms with Crippen LogP contribution in [0.1, 0.15) is 70.6 Å². The van der Waals surface area contributed by atoms with Gasteiger partial charge in [-0.05, 0) is 48.4 Å². The van der Waals surface area contributed by atoms with Crippen molar-refractivity contribution < 1.29 is 0 Å². The quantitative estimate of drug-likeness (QED) is 0.562. The molecule has 0 bridgehead atoms. The molecule has 1 rings (SSSR count). The van der Waals surface area contributed by atoms with Gasteiger partial charge in [0, 0.05) is 12.8 Å². The minimum Gasteiger partial charge on any atom is -0.0891 e.